The molecule has 2 aromatic carbocycles. The number of aryl methyl sites for hydroxylation is 2. The van der Waals surface area contributed by atoms with Gasteiger partial charge in [-0.05, 0) is 75.6 Å². The molecule has 0 fully saturated rings. The number of rotatable bonds is 9. The molecule has 0 aliphatic heterocycles. The number of carbonyl (C=O) groups is 1. The molecule has 0 aliphatic rings. The van der Waals surface area contributed by atoms with Crippen molar-refractivity contribution in [2.24, 2.45) is 0 Å². The van der Waals surface area contributed by atoms with Crippen LogP contribution >= 0.6 is 0 Å². The summed E-state index contributed by atoms with van der Waals surface area (Å²) < 4.78 is 16.8. The van der Waals surface area contributed by atoms with Gasteiger partial charge in [0, 0.05) is 0 Å². The van der Waals surface area contributed by atoms with E-state index in [1.807, 2.05) is 71.0 Å². The monoisotopic (exact) mass is 371 g/mol. The number of hydrogen-bond donors (Lipinski definition) is 1. The first-order chi connectivity index (χ1) is 12.9. The second kappa shape index (κ2) is 9.86. The molecule has 0 radical (unpaired) electrons. The van der Waals surface area contributed by atoms with Gasteiger partial charge in [-0.1, -0.05) is 12.1 Å². The summed E-state index contributed by atoms with van der Waals surface area (Å²) in [6.45, 7) is 10.9. The first-order valence-electron chi connectivity index (χ1n) is 9.33. The largest absolute Gasteiger partial charge is 0.490 e. The number of benzene rings is 2. The van der Waals surface area contributed by atoms with Crippen LogP contribution < -0.4 is 19.5 Å². The lowest BCUT2D eigenvalue weighted by molar-refractivity contribution is -0.123. The molecule has 27 heavy (non-hydrogen) atoms. The highest BCUT2D eigenvalue weighted by atomic mass is 16.5. The van der Waals surface area contributed by atoms with Gasteiger partial charge in [0.05, 0.1) is 19.3 Å². The molecule has 0 spiro atoms. The summed E-state index contributed by atoms with van der Waals surface area (Å²) in [5, 5.41) is 2.95. The first kappa shape index (κ1) is 20.6. The molecule has 1 amide bonds. The van der Waals surface area contributed by atoms with Gasteiger partial charge < -0.3 is 19.5 Å². The van der Waals surface area contributed by atoms with Gasteiger partial charge in [0.2, 0.25) is 0 Å². The zero-order valence-electron chi connectivity index (χ0n) is 16.8. The first-order valence-corrected chi connectivity index (χ1v) is 9.33. The Balaban J connectivity index is 1.96. The maximum Gasteiger partial charge on any atom is 0.258 e. The van der Waals surface area contributed by atoms with E-state index in [4.69, 9.17) is 14.2 Å². The highest BCUT2D eigenvalue weighted by Crippen LogP contribution is 2.30. The van der Waals surface area contributed by atoms with Crippen molar-refractivity contribution in [3.8, 4) is 17.2 Å². The van der Waals surface area contributed by atoms with E-state index in [9.17, 15) is 4.79 Å². The van der Waals surface area contributed by atoms with E-state index in [0.717, 1.165) is 11.1 Å². The van der Waals surface area contributed by atoms with E-state index in [1.54, 1.807) is 0 Å². The molecular weight excluding hydrogens is 342 g/mol. The Morgan fingerprint density at radius 1 is 0.926 bits per heavy atom. The third kappa shape index (κ3) is 5.91. The number of ether oxygens (including phenoxy) is 3. The van der Waals surface area contributed by atoms with Crippen molar-refractivity contribution < 1.29 is 19.0 Å². The Kier molecular flexibility index (Phi) is 7.53. The molecule has 2 aromatic rings. The molecule has 5 heteroatoms. The SMILES string of the molecule is CCOc1ccc([C@@H](C)NC(=O)COc2ccc(C)c(C)c2)cc1OCC. The molecule has 1 atom stereocenters. The minimum atomic E-state index is -0.174. The summed E-state index contributed by atoms with van der Waals surface area (Å²) >= 11 is 0. The number of hydrogen-bond acceptors (Lipinski definition) is 4. The quantitative estimate of drug-likeness (QED) is 0.712. The maximum atomic E-state index is 12.2. The summed E-state index contributed by atoms with van der Waals surface area (Å²) in [4.78, 5) is 12.2. The molecule has 146 valence electrons. The van der Waals surface area contributed by atoms with E-state index >= 15 is 0 Å². The van der Waals surface area contributed by atoms with Crippen LogP contribution in [0, 0.1) is 13.8 Å². The van der Waals surface area contributed by atoms with Gasteiger partial charge in [-0.2, -0.15) is 0 Å². The van der Waals surface area contributed by atoms with Crippen LogP contribution in [0.4, 0.5) is 0 Å². The van der Waals surface area contributed by atoms with E-state index in [1.165, 1.54) is 5.56 Å². The molecule has 0 aliphatic carbocycles. The van der Waals surface area contributed by atoms with Gasteiger partial charge >= 0.3 is 0 Å². The van der Waals surface area contributed by atoms with Crippen molar-refractivity contribution in [2.75, 3.05) is 19.8 Å². The zero-order valence-corrected chi connectivity index (χ0v) is 16.8. The maximum absolute atomic E-state index is 12.2. The van der Waals surface area contributed by atoms with Gasteiger partial charge in [-0.25, -0.2) is 0 Å². The Morgan fingerprint density at radius 3 is 2.30 bits per heavy atom. The Hall–Kier alpha value is -2.69. The van der Waals surface area contributed by atoms with E-state index < -0.39 is 0 Å². The molecule has 0 saturated carbocycles. The lowest BCUT2D eigenvalue weighted by Gasteiger charge is -2.18. The highest BCUT2D eigenvalue weighted by molar-refractivity contribution is 5.78. The van der Waals surface area contributed by atoms with Crippen molar-refractivity contribution in [2.45, 2.75) is 40.7 Å². The lowest BCUT2D eigenvalue weighted by Crippen LogP contribution is -2.31. The van der Waals surface area contributed by atoms with Crippen LogP contribution in [0.15, 0.2) is 36.4 Å². The molecule has 5 nitrogen and oxygen atoms in total. The standard InChI is InChI=1S/C22H29NO4/c1-6-25-20-11-9-18(13-21(20)26-7-2)17(5)23-22(24)14-27-19-10-8-15(3)16(4)12-19/h8-13,17H,6-7,14H2,1-5H3,(H,23,24)/t17-/m1/s1. The summed E-state index contributed by atoms with van der Waals surface area (Å²) in [5.74, 6) is 1.91. The minimum Gasteiger partial charge on any atom is -0.490 e. The molecule has 1 N–H and O–H groups in total. The molecule has 2 rings (SSSR count). The molecule has 0 aromatic heterocycles. The summed E-state index contributed by atoms with van der Waals surface area (Å²) in [6, 6.07) is 11.3. The zero-order chi connectivity index (χ0) is 19.8. The van der Waals surface area contributed by atoms with Gasteiger partial charge in [-0.3, -0.25) is 4.79 Å². The fourth-order valence-corrected chi connectivity index (χ4v) is 2.66. The van der Waals surface area contributed by atoms with E-state index in [0.29, 0.717) is 30.5 Å². The number of nitrogens with one attached hydrogen (secondary N) is 1. The van der Waals surface area contributed by atoms with Gasteiger partial charge in [0.1, 0.15) is 5.75 Å². The van der Waals surface area contributed by atoms with Crippen molar-refractivity contribution in [1.82, 2.24) is 5.32 Å². The predicted octanol–water partition coefficient (Wildman–Crippen LogP) is 4.36. The summed E-state index contributed by atoms with van der Waals surface area (Å²) in [5.41, 5.74) is 3.28. The summed E-state index contributed by atoms with van der Waals surface area (Å²) in [6.07, 6.45) is 0. The topological polar surface area (TPSA) is 56.8 Å². The molecular formula is C22H29NO4. The molecule has 0 bridgehead atoms. The lowest BCUT2D eigenvalue weighted by atomic mass is 10.1. The Morgan fingerprint density at radius 2 is 1.63 bits per heavy atom. The average molecular weight is 371 g/mol. The van der Waals surface area contributed by atoms with Gasteiger partial charge in [0.25, 0.3) is 5.91 Å². The average Bonchev–Trinajstić information content (AvgIpc) is 2.64. The van der Waals surface area contributed by atoms with Crippen LogP contribution in [0.25, 0.3) is 0 Å². The van der Waals surface area contributed by atoms with Gasteiger partial charge in [0.15, 0.2) is 18.1 Å². The second-order valence-corrected chi connectivity index (χ2v) is 6.40. The highest BCUT2D eigenvalue weighted by Gasteiger charge is 2.14. The van der Waals surface area contributed by atoms with E-state index in [-0.39, 0.29) is 18.6 Å². The fraction of sp³-hybridized carbons (Fsp3) is 0.409. The summed E-state index contributed by atoms with van der Waals surface area (Å²) in [7, 11) is 0. The van der Waals surface area contributed by atoms with Crippen LogP contribution in [0.2, 0.25) is 0 Å². The minimum absolute atomic E-state index is 0.0256. The van der Waals surface area contributed by atoms with Crippen LogP contribution in [0.5, 0.6) is 17.2 Å². The van der Waals surface area contributed by atoms with Crippen molar-refractivity contribution in [3.05, 3.63) is 53.1 Å². The van der Waals surface area contributed by atoms with Crippen molar-refractivity contribution in [3.63, 3.8) is 0 Å². The third-order valence-electron chi connectivity index (χ3n) is 4.29. The van der Waals surface area contributed by atoms with Crippen molar-refractivity contribution >= 4 is 5.91 Å². The van der Waals surface area contributed by atoms with Crippen LogP contribution in [-0.4, -0.2) is 25.7 Å². The second-order valence-electron chi connectivity index (χ2n) is 6.40. The Bertz CT molecular complexity index is 773. The predicted molar refractivity (Wildman–Crippen MR) is 107 cm³/mol. The van der Waals surface area contributed by atoms with Crippen LogP contribution in [0.3, 0.4) is 0 Å². The molecule has 0 heterocycles. The Labute approximate surface area is 161 Å². The van der Waals surface area contributed by atoms with E-state index in [2.05, 4.69) is 5.32 Å². The van der Waals surface area contributed by atoms with Crippen LogP contribution in [0.1, 0.15) is 43.5 Å². The third-order valence-corrected chi connectivity index (χ3v) is 4.29. The smallest absolute Gasteiger partial charge is 0.258 e. The fourth-order valence-electron chi connectivity index (χ4n) is 2.66. The normalized spacial score (nSPS) is 11.6. The van der Waals surface area contributed by atoms with Crippen LogP contribution in [-0.2, 0) is 4.79 Å². The van der Waals surface area contributed by atoms with Gasteiger partial charge in [-0.15, -0.1) is 0 Å². The number of amides is 1. The number of carbonyl (C=O) groups excluding carboxylic acids is 1. The molecule has 0 unspecified atom stereocenters. The van der Waals surface area contributed by atoms with Crippen molar-refractivity contribution in [1.29, 1.82) is 0 Å². The molecule has 0 saturated heterocycles.